The first-order chi connectivity index (χ1) is 22.7. The number of halogens is 3. The van der Waals surface area contributed by atoms with Gasteiger partial charge in [-0.1, -0.05) is 142 Å². The lowest BCUT2D eigenvalue weighted by Gasteiger charge is -2.26. The van der Waals surface area contributed by atoms with E-state index in [2.05, 4.69) is 19.2 Å². The monoisotopic (exact) mass is 774 g/mol. The summed E-state index contributed by atoms with van der Waals surface area (Å²) in [6, 6.07) is -1.86. The van der Waals surface area contributed by atoms with E-state index in [4.69, 9.17) is 28.3 Å². The maximum absolute atomic E-state index is 13.4. The van der Waals surface area contributed by atoms with Gasteiger partial charge in [0.1, 0.15) is 0 Å². The lowest BCUT2D eigenvalue weighted by atomic mass is 9.97. The van der Waals surface area contributed by atoms with Gasteiger partial charge in [-0.3, -0.25) is 15.0 Å². The van der Waals surface area contributed by atoms with Crippen LogP contribution < -0.4 is 28.3 Å². The average Bonchev–Trinajstić information content (AvgIpc) is 3.05. The molecule has 3 atom stereocenters. The van der Waals surface area contributed by atoms with Gasteiger partial charge in [0, 0.05) is 19.6 Å². The third-order valence-corrected chi connectivity index (χ3v) is 9.46. The van der Waals surface area contributed by atoms with Gasteiger partial charge in [0.05, 0.1) is 18.1 Å². The summed E-state index contributed by atoms with van der Waals surface area (Å²) in [5, 5.41) is 9.91. The Morgan fingerprint density at radius 2 is 0.840 bits per heavy atom. The number of hydrogen-bond donors (Lipinski definition) is 6. The van der Waals surface area contributed by atoms with Crippen molar-refractivity contribution in [1.29, 1.82) is 5.41 Å². The Morgan fingerprint density at radius 1 is 0.520 bits per heavy atom. The van der Waals surface area contributed by atoms with Crippen molar-refractivity contribution < 1.29 is 9.59 Å². The van der Waals surface area contributed by atoms with Gasteiger partial charge >= 0.3 is 0 Å². The molecule has 0 heterocycles. The van der Waals surface area contributed by atoms with Gasteiger partial charge in [-0.05, 0) is 44.9 Å². The Hall–Kier alpha value is -0.840. The second kappa shape index (κ2) is 40.9. The zero-order valence-corrected chi connectivity index (χ0v) is 34.7. The normalized spacial score (nSPS) is 12.5. The molecule has 3 unspecified atom stereocenters. The van der Waals surface area contributed by atoms with E-state index in [1.54, 1.807) is 0 Å². The molecule has 0 aliphatic heterocycles. The van der Waals surface area contributed by atoms with Crippen molar-refractivity contribution >= 4 is 54.9 Å². The lowest BCUT2D eigenvalue weighted by Crippen LogP contribution is -2.45. The van der Waals surface area contributed by atoms with Crippen LogP contribution in [0, 0.1) is 5.41 Å². The topological polar surface area (TPSA) is 177 Å². The molecule has 0 saturated heterocycles. The minimum absolute atomic E-state index is 0. The molecule has 302 valence electrons. The molecular formula is C38H82Cl3N7O2. The number of rotatable bonds is 35. The Balaban J connectivity index is -0.00000353. The summed E-state index contributed by atoms with van der Waals surface area (Å²) >= 11 is 0. The fourth-order valence-electron chi connectivity index (χ4n) is 6.29. The van der Waals surface area contributed by atoms with Crippen LogP contribution in [0.15, 0.2) is 0 Å². The van der Waals surface area contributed by atoms with Crippen LogP contribution in [0.2, 0.25) is 0 Å². The molecule has 0 saturated carbocycles. The van der Waals surface area contributed by atoms with Gasteiger partial charge in [-0.25, -0.2) is 0 Å². The highest BCUT2D eigenvalue weighted by molar-refractivity contribution is 5.88. The van der Waals surface area contributed by atoms with Crippen molar-refractivity contribution in [3.05, 3.63) is 0 Å². The zero-order valence-electron chi connectivity index (χ0n) is 32.2. The number of carbonyl (C=O) groups is 2. The summed E-state index contributed by atoms with van der Waals surface area (Å²) in [5.41, 5.74) is 23.9. The average molecular weight is 775 g/mol. The molecule has 0 spiro atoms. The number of carbonyl (C=O) groups excluding carboxylic acids is 2. The highest BCUT2D eigenvalue weighted by Gasteiger charge is 2.23. The van der Waals surface area contributed by atoms with E-state index in [0.717, 1.165) is 38.8 Å². The van der Waals surface area contributed by atoms with Crippen LogP contribution in [-0.4, -0.2) is 60.3 Å². The molecule has 0 aliphatic rings. The highest BCUT2D eigenvalue weighted by atomic mass is 35.5. The van der Waals surface area contributed by atoms with E-state index in [-0.39, 0.29) is 54.9 Å². The summed E-state index contributed by atoms with van der Waals surface area (Å²) in [4.78, 5) is 28.1. The summed E-state index contributed by atoms with van der Waals surface area (Å²) in [6.45, 7) is 6.59. The van der Waals surface area contributed by atoms with Crippen molar-refractivity contribution in [2.45, 2.75) is 205 Å². The van der Waals surface area contributed by atoms with Crippen molar-refractivity contribution in [3.8, 4) is 0 Å². The van der Waals surface area contributed by atoms with Crippen molar-refractivity contribution in [3.63, 3.8) is 0 Å². The maximum Gasteiger partial charge on any atom is 0.239 e. The van der Waals surface area contributed by atoms with E-state index >= 15 is 0 Å². The number of hydrogen-bond acceptors (Lipinski definition) is 6. The van der Waals surface area contributed by atoms with Crippen LogP contribution in [0.25, 0.3) is 0 Å². The van der Waals surface area contributed by atoms with Crippen LogP contribution in [0.1, 0.15) is 187 Å². The molecular weight excluding hydrogens is 693 g/mol. The van der Waals surface area contributed by atoms with Crippen LogP contribution in [0.5, 0.6) is 0 Å². The molecule has 10 N–H and O–H groups in total. The quantitative estimate of drug-likeness (QED) is 0.0212. The van der Waals surface area contributed by atoms with Crippen LogP contribution >= 0.6 is 37.2 Å². The first-order valence-corrected chi connectivity index (χ1v) is 19.9. The molecule has 50 heavy (non-hydrogen) atoms. The first-order valence-electron chi connectivity index (χ1n) is 19.9. The van der Waals surface area contributed by atoms with Gasteiger partial charge in [-0.15, -0.1) is 37.2 Å². The Kier molecular flexibility index (Phi) is 45.8. The highest BCUT2D eigenvalue weighted by Crippen LogP contribution is 2.15. The molecule has 0 rings (SSSR count). The molecule has 1 amide bonds. The van der Waals surface area contributed by atoms with E-state index in [0.29, 0.717) is 38.6 Å². The Labute approximate surface area is 326 Å². The lowest BCUT2D eigenvalue weighted by molar-refractivity contribution is -0.133. The van der Waals surface area contributed by atoms with Crippen molar-refractivity contribution in [2.75, 3.05) is 19.6 Å². The van der Waals surface area contributed by atoms with Crippen LogP contribution in [0.3, 0.4) is 0 Å². The van der Waals surface area contributed by atoms with Gasteiger partial charge in [-0.2, -0.15) is 0 Å². The van der Waals surface area contributed by atoms with Gasteiger partial charge in [0.15, 0.2) is 11.7 Å². The number of nitrogens with one attached hydrogen (secondary N) is 2. The minimum Gasteiger partial charge on any atom is -0.370 e. The zero-order chi connectivity index (χ0) is 35.0. The molecule has 0 aliphatic carbocycles. The predicted molar refractivity (Wildman–Crippen MR) is 223 cm³/mol. The van der Waals surface area contributed by atoms with Crippen LogP contribution in [-0.2, 0) is 9.59 Å². The van der Waals surface area contributed by atoms with Crippen LogP contribution in [0.4, 0.5) is 0 Å². The van der Waals surface area contributed by atoms with E-state index in [9.17, 15) is 9.59 Å². The third-order valence-electron chi connectivity index (χ3n) is 9.46. The maximum atomic E-state index is 13.4. The largest absolute Gasteiger partial charge is 0.370 e. The Bertz CT molecular complexity index is 768. The molecule has 0 fully saturated rings. The van der Waals surface area contributed by atoms with E-state index in [1.807, 2.05) is 4.90 Å². The standard InChI is InChI=1S/C38H79N7O2.3ClH/c1-3-5-7-9-11-13-15-16-18-20-22-24-32-45(31-23-21-19-17-14-12-10-8-6-4-2)37(47)35(41)28-25-27-33(39)36(46)34(40)29-26-30-44-38(42)43;;;/h33-35H,3-32,39-41H2,1-2H3,(H4,42,43,44);3*1H. The summed E-state index contributed by atoms with van der Waals surface area (Å²) < 4.78 is 0. The Morgan fingerprint density at radius 3 is 1.20 bits per heavy atom. The number of ketones is 1. The molecule has 0 aromatic rings. The molecule has 0 aromatic carbocycles. The number of amides is 1. The second-order valence-corrected chi connectivity index (χ2v) is 14.0. The van der Waals surface area contributed by atoms with E-state index in [1.165, 1.54) is 116 Å². The van der Waals surface area contributed by atoms with Gasteiger partial charge in [0.2, 0.25) is 5.91 Å². The number of nitrogens with two attached hydrogens (primary N) is 4. The number of guanidine groups is 1. The number of Topliss-reactive ketones (excluding diaryl/α,β-unsaturated/α-hetero) is 1. The molecule has 0 bridgehead atoms. The SMILES string of the molecule is CCCCCCCCCCCCCCN(CCCCCCCCCCCC)C(=O)C(N)CCCC(N)C(=O)C(N)CCCNC(=N)N.Cl.Cl.Cl. The fourth-order valence-corrected chi connectivity index (χ4v) is 6.29. The number of unbranched alkanes of at least 4 members (excludes halogenated alkanes) is 20. The number of nitrogens with zero attached hydrogens (tertiary/aromatic N) is 1. The molecule has 0 radical (unpaired) electrons. The predicted octanol–water partition coefficient (Wildman–Crippen LogP) is 8.69. The minimum atomic E-state index is -0.656. The summed E-state index contributed by atoms with van der Waals surface area (Å²) in [6.07, 6.45) is 31.1. The smallest absolute Gasteiger partial charge is 0.239 e. The summed E-state index contributed by atoms with van der Waals surface area (Å²) in [7, 11) is 0. The summed E-state index contributed by atoms with van der Waals surface area (Å²) in [5.74, 6) is -0.218. The molecule has 0 aromatic heterocycles. The van der Waals surface area contributed by atoms with Crippen molar-refractivity contribution in [1.82, 2.24) is 10.2 Å². The molecule has 9 nitrogen and oxygen atoms in total. The second-order valence-electron chi connectivity index (χ2n) is 14.0. The van der Waals surface area contributed by atoms with Gasteiger partial charge < -0.3 is 33.2 Å². The van der Waals surface area contributed by atoms with Crippen molar-refractivity contribution in [2.24, 2.45) is 22.9 Å². The third kappa shape index (κ3) is 34.3. The first kappa shape index (κ1) is 55.9. The fraction of sp³-hybridized carbons (Fsp3) is 0.921. The van der Waals surface area contributed by atoms with E-state index < -0.39 is 18.1 Å². The van der Waals surface area contributed by atoms with Gasteiger partial charge in [0.25, 0.3) is 0 Å². The molecule has 12 heteroatoms.